The number of hydrogen-bond donors (Lipinski definition) is 2. The fraction of sp³-hybridized carbons (Fsp3) is 0.875. The molecule has 1 saturated carbocycles. The third-order valence-electron chi connectivity index (χ3n) is 5.56. The second-order valence-corrected chi connectivity index (χ2v) is 7.71. The van der Waals surface area contributed by atoms with Gasteiger partial charge in [-0.05, 0) is 57.4 Å². The van der Waals surface area contributed by atoms with Gasteiger partial charge in [0.25, 0.3) is 0 Å². The maximum Gasteiger partial charge on any atom is 0.0812 e. The summed E-state index contributed by atoms with van der Waals surface area (Å²) >= 11 is 0. The number of aliphatic hydroxyl groups is 2. The van der Waals surface area contributed by atoms with Crippen molar-refractivity contribution in [2.75, 3.05) is 0 Å². The molecule has 0 amide bonds. The van der Waals surface area contributed by atoms with Crippen LogP contribution in [0.3, 0.4) is 0 Å². The third kappa shape index (κ3) is 2.04. The summed E-state index contributed by atoms with van der Waals surface area (Å²) in [5, 5.41) is 20.9. The normalized spacial score (nSPS) is 41.2. The molecule has 18 heavy (non-hydrogen) atoms. The summed E-state index contributed by atoms with van der Waals surface area (Å²) in [4.78, 5) is 0. The van der Waals surface area contributed by atoms with Gasteiger partial charge in [0.05, 0.1) is 11.7 Å². The average molecular weight is 252 g/mol. The van der Waals surface area contributed by atoms with E-state index in [-0.39, 0.29) is 16.9 Å². The van der Waals surface area contributed by atoms with Crippen molar-refractivity contribution in [1.82, 2.24) is 0 Å². The van der Waals surface area contributed by atoms with Crippen LogP contribution in [0, 0.1) is 10.8 Å². The molecule has 0 aromatic heterocycles. The van der Waals surface area contributed by atoms with E-state index in [9.17, 15) is 10.2 Å². The minimum absolute atomic E-state index is 0.00685. The van der Waals surface area contributed by atoms with E-state index in [4.69, 9.17) is 0 Å². The second kappa shape index (κ2) is 4.08. The van der Waals surface area contributed by atoms with Crippen LogP contribution >= 0.6 is 0 Å². The molecular weight excluding hydrogens is 224 g/mol. The SMILES string of the molecule is CC1=C(CC(C)(C)O)[C@@H](O)[C@@]2(C)CCC[C@]2(C)C1. The highest BCUT2D eigenvalue weighted by molar-refractivity contribution is 5.30. The van der Waals surface area contributed by atoms with E-state index in [1.54, 1.807) is 0 Å². The first-order chi connectivity index (χ1) is 8.09. The van der Waals surface area contributed by atoms with Gasteiger partial charge in [-0.1, -0.05) is 25.8 Å². The Balaban J connectivity index is 2.37. The van der Waals surface area contributed by atoms with Crippen LogP contribution in [0.15, 0.2) is 11.1 Å². The van der Waals surface area contributed by atoms with Crippen molar-refractivity contribution in [3.63, 3.8) is 0 Å². The maximum atomic E-state index is 10.8. The van der Waals surface area contributed by atoms with E-state index in [0.29, 0.717) is 6.42 Å². The van der Waals surface area contributed by atoms with Gasteiger partial charge in [0.2, 0.25) is 0 Å². The monoisotopic (exact) mass is 252 g/mol. The molecule has 2 heteroatoms. The lowest BCUT2D eigenvalue weighted by Crippen LogP contribution is -2.48. The summed E-state index contributed by atoms with van der Waals surface area (Å²) in [6, 6.07) is 0. The molecule has 0 aromatic rings. The summed E-state index contributed by atoms with van der Waals surface area (Å²) in [5.41, 5.74) is 1.88. The Kier molecular flexibility index (Phi) is 3.19. The fourth-order valence-corrected chi connectivity index (χ4v) is 4.22. The van der Waals surface area contributed by atoms with Gasteiger partial charge in [-0.25, -0.2) is 0 Å². The summed E-state index contributed by atoms with van der Waals surface area (Å²) in [7, 11) is 0. The minimum atomic E-state index is -0.736. The van der Waals surface area contributed by atoms with Gasteiger partial charge in [-0.2, -0.15) is 0 Å². The summed E-state index contributed by atoms with van der Waals surface area (Å²) in [5.74, 6) is 0. The topological polar surface area (TPSA) is 40.5 Å². The Labute approximate surface area is 111 Å². The zero-order chi connectivity index (χ0) is 13.8. The quantitative estimate of drug-likeness (QED) is 0.739. The molecule has 0 saturated heterocycles. The molecule has 2 aliphatic rings. The zero-order valence-corrected chi connectivity index (χ0v) is 12.5. The molecule has 3 atom stereocenters. The van der Waals surface area contributed by atoms with E-state index in [1.807, 2.05) is 13.8 Å². The molecule has 1 fully saturated rings. The molecule has 2 aliphatic carbocycles. The number of aliphatic hydroxyl groups excluding tert-OH is 1. The van der Waals surface area contributed by atoms with Crippen LogP contribution < -0.4 is 0 Å². The van der Waals surface area contributed by atoms with Crippen LogP contribution in [0.1, 0.15) is 66.7 Å². The van der Waals surface area contributed by atoms with E-state index in [0.717, 1.165) is 18.4 Å². The predicted octanol–water partition coefficient (Wildman–Crippen LogP) is 3.43. The van der Waals surface area contributed by atoms with Crippen molar-refractivity contribution in [2.24, 2.45) is 10.8 Å². The molecule has 0 aromatic carbocycles. The summed E-state index contributed by atoms with van der Waals surface area (Å²) in [6.07, 6.45) is 4.82. The Morgan fingerprint density at radius 3 is 2.44 bits per heavy atom. The fourth-order valence-electron chi connectivity index (χ4n) is 4.22. The minimum Gasteiger partial charge on any atom is -0.390 e. The maximum absolute atomic E-state index is 10.8. The van der Waals surface area contributed by atoms with Gasteiger partial charge >= 0.3 is 0 Å². The van der Waals surface area contributed by atoms with E-state index < -0.39 is 5.60 Å². The largest absolute Gasteiger partial charge is 0.390 e. The zero-order valence-electron chi connectivity index (χ0n) is 12.5. The smallest absolute Gasteiger partial charge is 0.0812 e. The molecule has 104 valence electrons. The highest BCUT2D eigenvalue weighted by Gasteiger charge is 2.56. The van der Waals surface area contributed by atoms with Crippen molar-refractivity contribution >= 4 is 0 Å². The van der Waals surface area contributed by atoms with Crippen molar-refractivity contribution < 1.29 is 10.2 Å². The van der Waals surface area contributed by atoms with Gasteiger partial charge in [-0.3, -0.25) is 0 Å². The van der Waals surface area contributed by atoms with Crippen LogP contribution in [-0.2, 0) is 0 Å². The first kappa shape index (κ1) is 14.1. The number of allylic oxidation sites excluding steroid dienone is 1. The van der Waals surface area contributed by atoms with Crippen LogP contribution in [-0.4, -0.2) is 21.9 Å². The molecular formula is C16H28O2. The molecule has 0 bridgehead atoms. The van der Waals surface area contributed by atoms with Crippen molar-refractivity contribution in [2.45, 2.75) is 78.4 Å². The van der Waals surface area contributed by atoms with Gasteiger partial charge < -0.3 is 10.2 Å². The molecule has 2 nitrogen and oxygen atoms in total. The average Bonchev–Trinajstić information content (AvgIpc) is 2.49. The highest BCUT2D eigenvalue weighted by Crippen LogP contribution is 2.62. The van der Waals surface area contributed by atoms with Crippen molar-refractivity contribution in [3.8, 4) is 0 Å². The molecule has 0 radical (unpaired) electrons. The number of hydrogen-bond acceptors (Lipinski definition) is 2. The molecule has 0 aliphatic heterocycles. The Morgan fingerprint density at radius 1 is 1.28 bits per heavy atom. The Morgan fingerprint density at radius 2 is 1.89 bits per heavy atom. The van der Waals surface area contributed by atoms with Gasteiger partial charge in [0.1, 0.15) is 0 Å². The molecule has 0 unspecified atom stereocenters. The lowest BCUT2D eigenvalue weighted by molar-refractivity contribution is -0.0367. The van der Waals surface area contributed by atoms with Crippen molar-refractivity contribution in [1.29, 1.82) is 0 Å². The van der Waals surface area contributed by atoms with Crippen LogP contribution in [0.25, 0.3) is 0 Å². The van der Waals surface area contributed by atoms with Gasteiger partial charge in [0, 0.05) is 5.41 Å². The van der Waals surface area contributed by atoms with Crippen LogP contribution in [0.2, 0.25) is 0 Å². The second-order valence-electron chi connectivity index (χ2n) is 7.71. The van der Waals surface area contributed by atoms with E-state index in [2.05, 4.69) is 20.8 Å². The van der Waals surface area contributed by atoms with Crippen molar-refractivity contribution in [3.05, 3.63) is 11.1 Å². The standard InChI is InChI=1S/C16H28O2/c1-11-9-15(4)7-6-8-16(15,5)13(17)12(11)10-14(2,3)18/h13,17-18H,6-10H2,1-5H3/t13-,15-,16-/m1/s1. The lowest BCUT2D eigenvalue weighted by atomic mass is 9.56. The predicted molar refractivity (Wildman–Crippen MR) is 74.3 cm³/mol. The highest BCUT2D eigenvalue weighted by atomic mass is 16.3. The first-order valence-corrected chi connectivity index (χ1v) is 7.18. The first-order valence-electron chi connectivity index (χ1n) is 7.18. The van der Waals surface area contributed by atoms with E-state index in [1.165, 1.54) is 18.4 Å². The van der Waals surface area contributed by atoms with Gasteiger partial charge in [0.15, 0.2) is 0 Å². The van der Waals surface area contributed by atoms with Crippen LogP contribution in [0.5, 0.6) is 0 Å². The molecule has 0 heterocycles. The third-order valence-corrected chi connectivity index (χ3v) is 5.56. The lowest BCUT2D eigenvalue weighted by Gasteiger charge is -2.50. The Hall–Kier alpha value is -0.340. The number of fused-ring (bicyclic) bond motifs is 1. The summed E-state index contributed by atoms with van der Waals surface area (Å²) in [6.45, 7) is 10.3. The molecule has 2 N–H and O–H groups in total. The Bertz CT molecular complexity index is 377. The van der Waals surface area contributed by atoms with Gasteiger partial charge in [-0.15, -0.1) is 0 Å². The summed E-state index contributed by atoms with van der Waals surface area (Å²) < 4.78 is 0. The molecule has 0 spiro atoms. The number of rotatable bonds is 2. The molecule has 2 rings (SSSR count). The van der Waals surface area contributed by atoms with Crippen LogP contribution in [0.4, 0.5) is 0 Å². The van der Waals surface area contributed by atoms with E-state index >= 15 is 0 Å².